The number of nitrogens with zero attached hydrogens (tertiary/aromatic N) is 5. The molecular formula is C22H26N6OS. The van der Waals surface area contributed by atoms with Crippen LogP contribution in [0.2, 0.25) is 0 Å². The average Bonchev–Trinajstić information content (AvgIpc) is 3.02. The highest BCUT2D eigenvalue weighted by atomic mass is 32.2. The largest absolute Gasteiger partial charge is 0.348 e. The maximum Gasteiger partial charge on any atom is 0.274 e. The molecule has 0 unspecified atom stereocenters. The molecule has 0 saturated heterocycles. The van der Waals surface area contributed by atoms with Crippen molar-refractivity contribution in [1.82, 2.24) is 30.3 Å². The molecule has 3 aromatic rings. The van der Waals surface area contributed by atoms with Crippen molar-refractivity contribution >= 4 is 17.7 Å². The van der Waals surface area contributed by atoms with Gasteiger partial charge in [0, 0.05) is 24.2 Å². The van der Waals surface area contributed by atoms with Crippen LogP contribution in [0.15, 0.2) is 47.9 Å². The first-order chi connectivity index (χ1) is 14.7. The van der Waals surface area contributed by atoms with Crippen LogP contribution < -0.4 is 5.32 Å². The second-order valence-corrected chi connectivity index (χ2v) is 8.56. The topological polar surface area (TPSA) is 85.6 Å². The molecule has 1 aliphatic carbocycles. The molecule has 0 spiro atoms. The molecule has 0 radical (unpaired) electrons. The lowest BCUT2D eigenvalue weighted by Gasteiger charge is -2.16. The summed E-state index contributed by atoms with van der Waals surface area (Å²) in [6.07, 6.45) is 10.3. The average molecular weight is 423 g/mol. The van der Waals surface area contributed by atoms with Gasteiger partial charge in [-0.3, -0.25) is 4.79 Å². The number of carbonyl (C=O) groups excluding carboxylic acids is 1. The Bertz CT molecular complexity index is 965. The zero-order valence-electron chi connectivity index (χ0n) is 17.1. The third kappa shape index (κ3) is 5.05. The van der Waals surface area contributed by atoms with Crippen LogP contribution in [0.5, 0.6) is 0 Å². The third-order valence-electron chi connectivity index (χ3n) is 5.33. The highest BCUT2D eigenvalue weighted by molar-refractivity contribution is 7.98. The standard InChI is InChI=1S/C22H26N6OS/c1-16-9-11-18(12-10-16)28-19(15-30-22-23-13-6-14-24-22)20(26-27-28)21(29)25-17-7-4-2-3-5-8-17/h6,9-14,17H,2-5,7-8,15H2,1H3,(H,25,29). The van der Waals surface area contributed by atoms with Gasteiger partial charge < -0.3 is 5.32 Å². The highest BCUT2D eigenvalue weighted by Gasteiger charge is 2.24. The first kappa shape index (κ1) is 20.5. The zero-order valence-corrected chi connectivity index (χ0v) is 17.9. The molecule has 1 aromatic carbocycles. The summed E-state index contributed by atoms with van der Waals surface area (Å²) in [5, 5.41) is 12.4. The van der Waals surface area contributed by atoms with E-state index in [1.54, 1.807) is 23.1 Å². The van der Waals surface area contributed by atoms with E-state index in [0.29, 0.717) is 16.6 Å². The predicted octanol–water partition coefficient (Wildman–Crippen LogP) is 4.11. The number of amides is 1. The second kappa shape index (κ2) is 9.84. The highest BCUT2D eigenvalue weighted by Crippen LogP contribution is 2.24. The number of rotatable bonds is 6. The van der Waals surface area contributed by atoms with Gasteiger partial charge in [-0.2, -0.15) is 0 Å². The van der Waals surface area contributed by atoms with Crippen LogP contribution >= 0.6 is 11.8 Å². The number of benzene rings is 1. The van der Waals surface area contributed by atoms with Gasteiger partial charge in [0.25, 0.3) is 5.91 Å². The lowest BCUT2D eigenvalue weighted by molar-refractivity contribution is 0.0927. The molecule has 1 aliphatic rings. The van der Waals surface area contributed by atoms with Gasteiger partial charge in [0.15, 0.2) is 10.9 Å². The van der Waals surface area contributed by atoms with E-state index >= 15 is 0 Å². The number of thioether (sulfide) groups is 1. The van der Waals surface area contributed by atoms with Crippen LogP contribution in [0, 0.1) is 6.92 Å². The molecule has 1 amide bonds. The van der Waals surface area contributed by atoms with Gasteiger partial charge in [-0.25, -0.2) is 14.6 Å². The fourth-order valence-electron chi connectivity index (χ4n) is 3.67. The molecule has 0 aliphatic heterocycles. The van der Waals surface area contributed by atoms with Crippen molar-refractivity contribution in [2.24, 2.45) is 0 Å². The van der Waals surface area contributed by atoms with Crippen LogP contribution in [-0.4, -0.2) is 36.9 Å². The number of carbonyl (C=O) groups is 1. The van der Waals surface area contributed by atoms with Gasteiger partial charge >= 0.3 is 0 Å². The lowest BCUT2D eigenvalue weighted by Crippen LogP contribution is -2.35. The Hall–Kier alpha value is -2.74. The summed E-state index contributed by atoms with van der Waals surface area (Å²) >= 11 is 1.47. The Morgan fingerprint density at radius 1 is 1.10 bits per heavy atom. The van der Waals surface area contributed by atoms with Crippen molar-refractivity contribution in [2.75, 3.05) is 0 Å². The fraction of sp³-hybridized carbons (Fsp3) is 0.409. The normalized spacial score (nSPS) is 15.0. The van der Waals surface area contributed by atoms with Crippen molar-refractivity contribution in [3.63, 3.8) is 0 Å². The number of aryl methyl sites for hydroxylation is 1. The van der Waals surface area contributed by atoms with Crippen LogP contribution in [-0.2, 0) is 5.75 Å². The molecule has 1 saturated carbocycles. The Morgan fingerprint density at radius 3 is 2.50 bits per heavy atom. The predicted molar refractivity (Wildman–Crippen MR) is 117 cm³/mol. The summed E-state index contributed by atoms with van der Waals surface area (Å²) < 4.78 is 1.75. The summed E-state index contributed by atoms with van der Waals surface area (Å²) in [5.41, 5.74) is 3.18. The van der Waals surface area contributed by atoms with Crippen LogP contribution in [0.25, 0.3) is 5.69 Å². The molecule has 30 heavy (non-hydrogen) atoms. The Balaban J connectivity index is 1.59. The minimum atomic E-state index is -0.148. The molecule has 2 aromatic heterocycles. The van der Waals surface area contributed by atoms with Gasteiger partial charge in [0.1, 0.15) is 0 Å². The Kier molecular flexibility index (Phi) is 6.74. The van der Waals surface area contributed by atoms with Gasteiger partial charge in [-0.1, -0.05) is 60.4 Å². The molecular weight excluding hydrogens is 396 g/mol. The minimum Gasteiger partial charge on any atom is -0.348 e. The van der Waals surface area contributed by atoms with Crippen molar-refractivity contribution < 1.29 is 4.79 Å². The smallest absolute Gasteiger partial charge is 0.274 e. The molecule has 1 fully saturated rings. The quantitative estimate of drug-likeness (QED) is 0.365. The summed E-state index contributed by atoms with van der Waals surface area (Å²) in [6.45, 7) is 2.04. The lowest BCUT2D eigenvalue weighted by atomic mass is 10.1. The SMILES string of the molecule is Cc1ccc(-n2nnc(C(=O)NC3CCCCCC3)c2CSc2ncccn2)cc1. The Morgan fingerprint density at radius 2 is 1.80 bits per heavy atom. The van der Waals surface area contributed by atoms with Crippen LogP contribution in [0.1, 0.15) is 60.3 Å². The number of hydrogen-bond acceptors (Lipinski definition) is 6. The zero-order chi connectivity index (χ0) is 20.8. The van der Waals surface area contributed by atoms with E-state index in [2.05, 4.69) is 25.6 Å². The maximum absolute atomic E-state index is 13.1. The fourth-order valence-corrected chi connectivity index (χ4v) is 4.47. The number of hydrogen-bond donors (Lipinski definition) is 1. The number of nitrogens with one attached hydrogen (secondary N) is 1. The van der Waals surface area contributed by atoms with Crippen molar-refractivity contribution in [1.29, 1.82) is 0 Å². The van der Waals surface area contributed by atoms with Gasteiger partial charge in [0.05, 0.1) is 11.4 Å². The first-order valence-electron chi connectivity index (χ1n) is 10.4. The monoisotopic (exact) mass is 422 g/mol. The van der Waals surface area contributed by atoms with Crippen LogP contribution in [0.3, 0.4) is 0 Å². The molecule has 7 nitrogen and oxygen atoms in total. The summed E-state index contributed by atoms with van der Waals surface area (Å²) in [7, 11) is 0. The molecule has 4 rings (SSSR count). The van der Waals surface area contributed by atoms with Crippen LogP contribution in [0.4, 0.5) is 0 Å². The van der Waals surface area contributed by atoms with Crippen molar-refractivity contribution in [3.05, 3.63) is 59.7 Å². The second-order valence-electron chi connectivity index (χ2n) is 7.61. The molecule has 8 heteroatoms. The van der Waals surface area contributed by atoms with E-state index in [4.69, 9.17) is 0 Å². The van der Waals surface area contributed by atoms with Crippen molar-refractivity contribution in [3.8, 4) is 5.69 Å². The molecule has 1 N–H and O–H groups in total. The molecule has 156 valence electrons. The van der Waals surface area contributed by atoms with E-state index in [-0.39, 0.29) is 11.9 Å². The number of aromatic nitrogens is 5. The van der Waals surface area contributed by atoms with E-state index in [1.807, 2.05) is 31.2 Å². The summed E-state index contributed by atoms with van der Waals surface area (Å²) in [5.74, 6) is 0.350. The summed E-state index contributed by atoms with van der Waals surface area (Å²) in [6, 6.07) is 10.0. The maximum atomic E-state index is 13.1. The third-order valence-corrected chi connectivity index (χ3v) is 6.21. The minimum absolute atomic E-state index is 0.148. The van der Waals surface area contributed by atoms with E-state index in [9.17, 15) is 4.79 Å². The van der Waals surface area contributed by atoms with Gasteiger partial charge in [0.2, 0.25) is 0 Å². The van der Waals surface area contributed by atoms with E-state index in [0.717, 1.165) is 37.1 Å². The van der Waals surface area contributed by atoms with Gasteiger partial charge in [-0.15, -0.1) is 5.10 Å². The van der Waals surface area contributed by atoms with E-state index in [1.165, 1.54) is 30.2 Å². The summed E-state index contributed by atoms with van der Waals surface area (Å²) in [4.78, 5) is 21.6. The molecule has 0 bridgehead atoms. The van der Waals surface area contributed by atoms with Gasteiger partial charge in [-0.05, 0) is 38.0 Å². The van der Waals surface area contributed by atoms with E-state index < -0.39 is 0 Å². The molecule has 2 heterocycles. The van der Waals surface area contributed by atoms with Crippen molar-refractivity contribution in [2.45, 2.75) is 62.4 Å². The first-order valence-corrected chi connectivity index (χ1v) is 11.4. The molecule has 0 atom stereocenters. The Labute approximate surface area is 180 Å².